The lowest BCUT2D eigenvalue weighted by Crippen LogP contribution is -2.49. The number of nitrogens with two attached hydrogens (primary N) is 1. The van der Waals surface area contributed by atoms with Crippen molar-refractivity contribution in [3.63, 3.8) is 0 Å². The SMILES string of the molecule is CO[C@@H]1CCN(C(=O)CNc2ccccc2C(=N)C(N)=O)[C@@H]1C(=O)Nc1cccc(Br)n1. The van der Waals surface area contributed by atoms with E-state index in [1.54, 1.807) is 42.5 Å². The predicted molar refractivity (Wildman–Crippen MR) is 122 cm³/mol. The Hall–Kier alpha value is -3.31. The van der Waals surface area contributed by atoms with Crippen LogP contribution in [0.4, 0.5) is 11.5 Å². The first kappa shape index (κ1) is 23.4. The number of aromatic nitrogens is 1. The van der Waals surface area contributed by atoms with Crippen LogP contribution in [-0.4, -0.2) is 65.7 Å². The molecule has 0 bridgehead atoms. The van der Waals surface area contributed by atoms with E-state index in [-0.39, 0.29) is 18.2 Å². The number of benzene rings is 1. The van der Waals surface area contributed by atoms with Gasteiger partial charge in [0, 0.05) is 24.9 Å². The lowest BCUT2D eigenvalue weighted by Gasteiger charge is -2.27. The van der Waals surface area contributed by atoms with Crippen LogP contribution in [0.3, 0.4) is 0 Å². The number of nitrogens with zero attached hydrogens (tertiary/aromatic N) is 2. The van der Waals surface area contributed by atoms with Gasteiger partial charge >= 0.3 is 0 Å². The fourth-order valence-corrected chi connectivity index (χ4v) is 3.88. The molecule has 1 aliphatic rings. The maximum atomic E-state index is 13.0. The van der Waals surface area contributed by atoms with Crippen LogP contribution in [0.25, 0.3) is 0 Å². The molecular formula is C21H23BrN6O4. The maximum Gasteiger partial charge on any atom is 0.267 e. The third kappa shape index (κ3) is 5.29. The average Bonchev–Trinajstić information content (AvgIpc) is 3.21. The number of carbonyl (C=O) groups is 3. The van der Waals surface area contributed by atoms with Crippen molar-refractivity contribution in [1.29, 1.82) is 5.41 Å². The molecule has 3 rings (SSSR count). The molecule has 0 saturated carbocycles. The number of halogens is 1. The van der Waals surface area contributed by atoms with Crippen LogP contribution in [0, 0.1) is 5.41 Å². The van der Waals surface area contributed by atoms with Gasteiger partial charge in [-0.3, -0.25) is 19.8 Å². The van der Waals surface area contributed by atoms with Crippen LogP contribution in [0.5, 0.6) is 0 Å². The number of amides is 3. The number of ether oxygens (including phenoxy) is 1. The summed E-state index contributed by atoms with van der Waals surface area (Å²) in [6.45, 7) is 0.209. The van der Waals surface area contributed by atoms with Gasteiger partial charge in [0.1, 0.15) is 22.2 Å². The normalized spacial score (nSPS) is 17.6. The van der Waals surface area contributed by atoms with E-state index in [9.17, 15) is 14.4 Å². The molecule has 2 atom stereocenters. The van der Waals surface area contributed by atoms with Gasteiger partial charge in [-0.05, 0) is 40.5 Å². The zero-order chi connectivity index (χ0) is 23.3. The van der Waals surface area contributed by atoms with E-state index < -0.39 is 24.0 Å². The minimum atomic E-state index is -0.869. The maximum absolute atomic E-state index is 13.0. The minimum absolute atomic E-state index is 0.140. The van der Waals surface area contributed by atoms with Gasteiger partial charge < -0.3 is 26.0 Å². The minimum Gasteiger partial charge on any atom is -0.379 e. The van der Waals surface area contributed by atoms with Crippen molar-refractivity contribution in [2.24, 2.45) is 5.73 Å². The number of hydrogen-bond acceptors (Lipinski definition) is 7. The molecule has 1 aromatic carbocycles. The van der Waals surface area contributed by atoms with Crippen LogP contribution in [-0.2, 0) is 19.1 Å². The molecule has 1 fully saturated rings. The first-order chi connectivity index (χ1) is 15.3. The van der Waals surface area contributed by atoms with Gasteiger partial charge in [-0.2, -0.15) is 0 Å². The number of nitrogens with one attached hydrogen (secondary N) is 3. The molecule has 1 saturated heterocycles. The number of rotatable bonds is 8. The Balaban J connectivity index is 1.72. The van der Waals surface area contributed by atoms with Crippen molar-refractivity contribution in [2.75, 3.05) is 30.8 Å². The molecule has 3 amide bonds. The highest BCUT2D eigenvalue weighted by Gasteiger charge is 2.42. The van der Waals surface area contributed by atoms with Gasteiger partial charge in [0.25, 0.3) is 11.8 Å². The number of pyridine rings is 1. The monoisotopic (exact) mass is 502 g/mol. The molecule has 0 aliphatic carbocycles. The van der Waals surface area contributed by atoms with E-state index in [1.165, 1.54) is 12.0 Å². The molecule has 5 N–H and O–H groups in total. The third-order valence-corrected chi connectivity index (χ3v) is 5.52. The van der Waals surface area contributed by atoms with Gasteiger partial charge in [-0.15, -0.1) is 0 Å². The van der Waals surface area contributed by atoms with Gasteiger partial charge in [-0.1, -0.05) is 24.3 Å². The molecule has 1 aromatic heterocycles. The van der Waals surface area contributed by atoms with Crippen molar-refractivity contribution >= 4 is 50.9 Å². The quantitative estimate of drug-likeness (QED) is 0.316. The van der Waals surface area contributed by atoms with Crippen LogP contribution < -0.4 is 16.4 Å². The standard InChI is InChI=1S/C21H23BrN6O4/c1-32-14-9-10-28(19(14)21(31)27-16-8-4-7-15(22)26-16)17(29)11-25-13-6-3-2-5-12(13)18(23)20(24)30/h2-8,14,19,23,25H,9-11H2,1H3,(H2,24,30)(H,26,27,31)/t14-,19+/m1/s1. The number of likely N-dealkylation sites (tertiary alicyclic amines) is 1. The molecule has 32 heavy (non-hydrogen) atoms. The van der Waals surface area contributed by atoms with Gasteiger partial charge in [0.05, 0.1) is 12.6 Å². The summed E-state index contributed by atoms with van der Waals surface area (Å²) in [7, 11) is 1.50. The first-order valence-corrected chi connectivity index (χ1v) is 10.6. The average molecular weight is 503 g/mol. The van der Waals surface area contributed by atoms with Crippen molar-refractivity contribution in [3.8, 4) is 0 Å². The molecular weight excluding hydrogens is 480 g/mol. The summed E-state index contributed by atoms with van der Waals surface area (Å²) < 4.78 is 6.01. The molecule has 2 heterocycles. The van der Waals surface area contributed by atoms with Crippen LogP contribution in [0.2, 0.25) is 0 Å². The van der Waals surface area contributed by atoms with E-state index in [1.807, 2.05) is 0 Å². The highest BCUT2D eigenvalue weighted by molar-refractivity contribution is 9.10. The molecule has 2 aromatic rings. The summed E-state index contributed by atoms with van der Waals surface area (Å²) in [4.78, 5) is 43.0. The Labute approximate surface area is 193 Å². The predicted octanol–water partition coefficient (Wildman–Crippen LogP) is 1.36. The summed E-state index contributed by atoms with van der Waals surface area (Å²) in [5.74, 6) is -1.24. The number of anilines is 2. The fourth-order valence-electron chi connectivity index (χ4n) is 3.54. The smallest absolute Gasteiger partial charge is 0.267 e. The van der Waals surface area contributed by atoms with E-state index in [4.69, 9.17) is 15.9 Å². The number of hydrogen-bond donors (Lipinski definition) is 4. The molecule has 10 nitrogen and oxygen atoms in total. The second-order valence-electron chi connectivity index (χ2n) is 7.07. The highest BCUT2D eigenvalue weighted by Crippen LogP contribution is 2.23. The molecule has 11 heteroatoms. The summed E-state index contributed by atoms with van der Waals surface area (Å²) >= 11 is 3.26. The second-order valence-corrected chi connectivity index (χ2v) is 7.88. The number of methoxy groups -OCH3 is 1. The summed E-state index contributed by atoms with van der Waals surface area (Å²) in [6.07, 6.45) is 0.0521. The Morgan fingerprint density at radius 3 is 2.69 bits per heavy atom. The van der Waals surface area contributed by atoms with E-state index >= 15 is 0 Å². The lowest BCUT2D eigenvalue weighted by atomic mass is 10.1. The highest BCUT2D eigenvalue weighted by atomic mass is 79.9. The second kappa shape index (κ2) is 10.3. The Morgan fingerprint density at radius 1 is 1.25 bits per heavy atom. The van der Waals surface area contributed by atoms with Gasteiger partial charge in [0.2, 0.25) is 5.91 Å². The molecule has 0 radical (unpaired) electrons. The first-order valence-electron chi connectivity index (χ1n) is 9.79. The van der Waals surface area contributed by atoms with Crippen LogP contribution in [0.15, 0.2) is 47.1 Å². The van der Waals surface area contributed by atoms with Gasteiger partial charge in [0.15, 0.2) is 0 Å². The van der Waals surface area contributed by atoms with Crippen LogP contribution in [0.1, 0.15) is 12.0 Å². The lowest BCUT2D eigenvalue weighted by molar-refractivity contribution is -0.137. The van der Waals surface area contributed by atoms with E-state index in [0.717, 1.165) is 0 Å². The zero-order valence-corrected chi connectivity index (χ0v) is 18.9. The molecule has 0 spiro atoms. The van der Waals surface area contributed by atoms with Crippen molar-refractivity contribution in [1.82, 2.24) is 9.88 Å². The summed E-state index contributed by atoms with van der Waals surface area (Å²) in [5, 5.41) is 13.5. The van der Waals surface area contributed by atoms with Crippen molar-refractivity contribution in [3.05, 3.63) is 52.6 Å². The summed E-state index contributed by atoms with van der Waals surface area (Å²) in [5.41, 5.74) is 5.57. The van der Waals surface area contributed by atoms with Crippen LogP contribution >= 0.6 is 15.9 Å². The van der Waals surface area contributed by atoms with Crippen molar-refractivity contribution < 1.29 is 19.1 Å². The van der Waals surface area contributed by atoms with Crippen molar-refractivity contribution in [2.45, 2.75) is 18.6 Å². The fraction of sp³-hybridized carbons (Fsp3) is 0.286. The Bertz CT molecular complexity index is 1050. The number of primary amides is 1. The molecule has 1 aliphatic heterocycles. The number of carbonyl (C=O) groups excluding carboxylic acids is 3. The van der Waals surface area contributed by atoms with Gasteiger partial charge in [-0.25, -0.2) is 4.98 Å². The summed E-state index contributed by atoms with van der Waals surface area (Å²) in [6, 6.07) is 10.9. The van der Waals surface area contributed by atoms with E-state index in [0.29, 0.717) is 34.6 Å². The largest absolute Gasteiger partial charge is 0.379 e. The molecule has 0 unspecified atom stereocenters. The topological polar surface area (TPSA) is 150 Å². The van der Waals surface area contributed by atoms with E-state index in [2.05, 4.69) is 31.5 Å². The molecule has 168 valence electrons. The third-order valence-electron chi connectivity index (χ3n) is 5.07. The zero-order valence-electron chi connectivity index (χ0n) is 17.3. The number of para-hydroxylation sites is 1. The Morgan fingerprint density at radius 2 is 2.00 bits per heavy atom. The Kier molecular flexibility index (Phi) is 7.54.